The maximum absolute atomic E-state index is 11.9. The highest BCUT2D eigenvalue weighted by atomic mass is 32.1. The zero-order chi connectivity index (χ0) is 18.2. The molecule has 136 valence electrons. The molecule has 0 aliphatic rings. The van der Waals surface area contributed by atoms with Gasteiger partial charge in [-0.15, -0.1) is 11.3 Å². The number of benzene rings is 1. The Labute approximate surface area is 155 Å². The average Bonchev–Trinajstić information content (AvgIpc) is 3.32. The van der Waals surface area contributed by atoms with E-state index in [0.717, 1.165) is 12.2 Å². The summed E-state index contributed by atoms with van der Waals surface area (Å²) >= 11 is 1.69. The van der Waals surface area contributed by atoms with Gasteiger partial charge in [-0.2, -0.15) is 5.10 Å². The predicted molar refractivity (Wildman–Crippen MR) is 98.4 cm³/mol. The van der Waals surface area contributed by atoms with Crippen LogP contribution in [0.15, 0.2) is 41.8 Å². The second-order valence-corrected chi connectivity index (χ2v) is 6.55. The molecular formula is C18H20N4O3S. The smallest absolute Gasteiger partial charge is 0.227 e. The number of nitrogens with one attached hydrogen (secondary N) is 2. The van der Waals surface area contributed by atoms with Crippen molar-refractivity contribution in [3.8, 4) is 11.5 Å². The van der Waals surface area contributed by atoms with E-state index in [4.69, 9.17) is 9.47 Å². The number of thiophene rings is 1. The molecule has 0 unspecified atom stereocenters. The van der Waals surface area contributed by atoms with E-state index in [1.807, 2.05) is 35.7 Å². The van der Waals surface area contributed by atoms with E-state index in [2.05, 4.69) is 26.6 Å². The fourth-order valence-corrected chi connectivity index (χ4v) is 3.00. The first-order valence-electron chi connectivity index (χ1n) is 8.19. The predicted octanol–water partition coefficient (Wildman–Crippen LogP) is 2.36. The quantitative estimate of drug-likeness (QED) is 0.602. The van der Waals surface area contributed by atoms with Gasteiger partial charge in [0.2, 0.25) is 5.91 Å². The van der Waals surface area contributed by atoms with Crippen LogP contribution in [0.5, 0.6) is 11.5 Å². The molecule has 1 aromatic carbocycles. The molecule has 0 saturated carbocycles. The molecule has 8 heteroatoms. The number of nitrogens with zero attached hydrogens (tertiary/aromatic N) is 2. The number of aromatic nitrogens is 3. The number of methoxy groups -OCH3 is 1. The molecule has 0 fully saturated rings. The normalized spacial score (nSPS) is 10.5. The average molecular weight is 372 g/mol. The standard InChI is InChI=1S/C18H20N4O3S/c1-24-13-4-6-14(7-5-13)25-12-17-20-16(21-22-17)11-18(23)19-9-8-15-3-2-10-26-15/h2-7,10H,8-9,11-12H2,1H3,(H,19,23)(H,20,21,22). The van der Waals surface area contributed by atoms with Gasteiger partial charge in [0.05, 0.1) is 13.5 Å². The topological polar surface area (TPSA) is 89.1 Å². The Morgan fingerprint density at radius 2 is 2.04 bits per heavy atom. The molecule has 7 nitrogen and oxygen atoms in total. The summed E-state index contributed by atoms with van der Waals surface area (Å²) in [5.74, 6) is 2.40. The maximum atomic E-state index is 11.9. The Hall–Kier alpha value is -2.87. The molecule has 2 N–H and O–H groups in total. The third-order valence-electron chi connectivity index (χ3n) is 3.61. The van der Waals surface area contributed by atoms with E-state index in [0.29, 0.717) is 23.9 Å². The molecule has 0 bridgehead atoms. The molecule has 0 atom stereocenters. The number of H-pyrrole nitrogens is 1. The van der Waals surface area contributed by atoms with E-state index >= 15 is 0 Å². The Bertz CT molecular complexity index is 815. The van der Waals surface area contributed by atoms with Gasteiger partial charge >= 0.3 is 0 Å². The van der Waals surface area contributed by atoms with Gasteiger partial charge in [0.15, 0.2) is 11.6 Å². The number of hydrogen-bond acceptors (Lipinski definition) is 6. The summed E-state index contributed by atoms with van der Waals surface area (Å²) in [5, 5.41) is 11.8. The van der Waals surface area contributed by atoms with Crippen molar-refractivity contribution < 1.29 is 14.3 Å². The summed E-state index contributed by atoms with van der Waals surface area (Å²) in [7, 11) is 1.62. The largest absolute Gasteiger partial charge is 0.497 e. The zero-order valence-corrected chi connectivity index (χ0v) is 15.2. The van der Waals surface area contributed by atoms with Crippen molar-refractivity contribution in [3.63, 3.8) is 0 Å². The van der Waals surface area contributed by atoms with Crippen molar-refractivity contribution in [3.05, 3.63) is 58.3 Å². The van der Waals surface area contributed by atoms with Crippen molar-refractivity contribution in [2.24, 2.45) is 0 Å². The van der Waals surface area contributed by atoms with Crippen LogP contribution < -0.4 is 14.8 Å². The van der Waals surface area contributed by atoms with Crippen LogP contribution in [0.25, 0.3) is 0 Å². The summed E-state index contributed by atoms with van der Waals surface area (Å²) in [4.78, 5) is 17.5. The summed E-state index contributed by atoms with van der Waals surface area (Å²) in [6.07, 6.45) is 0.974. The second-order valence-electron chi connectivity index (χ2n) is 5.52. The van der Waals surface area contributed by atoms with Crippen LogP contribution in [0.3, 0.4) is 0 Å². The van der Waals surface area contributed by atoms with E-state index in [1.165, 1.54) is 4.88 Å². The van der Waals surface area contributed by atoms with Crippen LogP contribution in [0.2, 0.25) is 0 Å². The van der Waals surface area contributed by atoms with Crippen molar-refractivity contribution >= 4 is 17.2 Å². The molecular weight excluding hydrogens is 352 g/mol. The number of hydrogen-bond donors (Lipinski definition) is 2. The van der Waals surface area contributed by atoms with Gasteiger partial charge in [0, 0.05) is 11.4 Å². The summed E-state index contributed by atoms with van der Waals surface area (Å²) < 4.78 is 10.7. The monoisotopic (exact) mass is 372 g/mol. The lowest BCUT2D eigenvalue weighted by Gasteiger charge is -2.04. The Kier molecular flexibility index (Phi) is 6.21. The number of rotatable bonds is 9. The molecule has 0 radical (unpaired) electrons. The maximum Gasteiger partial charge on any atom is 0.227 e. The Balaban J connectivity index is 1.41. The van der Waals surface area contributed by atoms with Crippen LogP contribution in [0, 0.1) is 0 Å². The lowest BCUT2D eigenvalue weighted by Crippen LogP contribution is -2.27. The van der Waals surface area contributed by atoms with Crippen LogP contribution >= 0.6 is 11.3 Å². The van der Waals surface area contributed by atoms with Gasteiger partial charge in [-0.25, -0.2) is 4.98 Å². The van der Waals surface area contributed by atoms with Gasteiger partial charge in [-0.3, -0.25) is 9.89 Å². The number of amides is 1. The molecule has 3 aromatic rings. The molecule has 1 amide bonds. The van der Waals surface area contributed by atoms with Crippen molar-refractivity contribution in [1.82, 2.24) is 20.5 Å². The third kappa shape index (κ3) is 5.32. The van der Waals surface area contributed by atoms with E-state index in [-0.39, 0.29) is 18.9 Å². The lowest BCUT2D eigenvalue weighted by atomic mass is 10.3. The molecule has 2 aromatic heterocycles. The fraction of sp³-hybridized carbons (Fsp3) is 0.278. The van der Waals surface area contributed by atoms with E-state index in [9.17, 15) is 4.79 Å². The molecule has 3 rings (SSSR count). The van der Waals surface area contributed by atoms with Gasteiger partial charge in [0.25, 0.3) is 0 Å². The van der Waals surface area contributed by atoms with Crippen LogP contribution in [0.1, 0.15) is 16.5 Å². The molecule has 0 spiro atoms. The summed E-state index contributed by atoms with van der Waals surface area (Å²) in [5.41, 5.74) is 0. The Morgan fingerprint density at radius 1 is 1.23 bits per heavy atom. The highest BCUT2D eigenvalue weighted by Crippen LogP contribution is 2.17. The Morgan fingerprint density at radius 3 is 2.77 bits per heavy atom. The minimum absolute atomic E-state index is 0.0943. The highest BCUT2D eigenvalue weighted by Gasteiger charge is 2.09. The van der Waals surface area contributed by atoms with Gasteiger partial charge < -0.3 is 14.8 Å². The van der Waals surface area contributed by atoms with Crippen molar-refractivity contribution in [2.75, 3.05) is 13.7 Å². The minimum Gasteiger partial charge on any atom is -0.497 e. The molecule has 26 heavy (non-hydrogen) atoms. The van der Waals surface area contributed by atoms with Crippen LogP contribution in [-0.4, -0.2) is 34.7 Å². The number of carbonyl (C=O) groups is 1. The van der Waals surface area contributed by atoms with Gasteiger partial charge in [0.1, 0.15) is 18.1 Å². The minimum atomic E-state index is -0.0943. The van der Waals surface area contributed by atoms with Gasteiger partial charge in [-0.05, 0) is 42.1 Å². The summed E-state index contributed by atoms with van der Waals surface area (Å²) in [6, 6.07) is 11.3. The first kappa shape index (κ1) is 17.9. The first-order valence-corrected chi connectivity index (χ1v) is 9.07. The first-order chi connectivity index (χ1) is 12.7. The SMILES string of the molecule is COc1ccc(OCc2nc(CC(=O)NCCc3cccs3)n[nH]2)cc1. The van der Waals surface area contributed by atoms with Gasteiger partial charge in [-0.1, -0.05) is 6.07 Å². The lowest BCUT2D eigenvalue weighted by molar-refractivity contribution is -0.120. The molecule has 2 heterocycles. The van der Waals surface area contributed by atoms with Crippen LogP contribution in [0.4, 0.5) is 0 Å². The number of ether oxygens (including phenoxy) is 2. The van der Waals surface area contributed by atoms with Crippen molar-refractivity contribution in [2.45, 2.75) is 19.4 Å². The molecule has 0 saturated heterocycles. The summed E-state index contributed by atoms with van der Waals surface area (Å²) in [6.45, 7) is 0.858. The van der Waals surface area contributed by atoms with E-state index < -0.39 is 0 Å². The molecule has 0 aliphatic carbocycles. The number of aromatic amines is 1. The number of carbonyl (C=O) groups excluding carboxylic acids is 1. The molecule has 0 aliphatic heterocycles. The van der Waals surface area contributed by atoms with Crippen LogP contribution in [-0.2, 0) is 24.2 Å². The highest BCUT2D eigenvalue weighted by molar-refractivity contribution is 7.09. The third-order valence-corrected chi connectivity index (χ3v) is 4.54. The fourth-order valence-electron chi connectivity index (χ4n) is 2.29. The second kappa shape index (κ2) is 9.00. The van der Waals surface area contributed by atoms with Crippen molar-refractivity contribution in [1.29, 1.82) is 0 Å². The van der Waals surface area contributed by atoms with E-state index in [1.54, 1.807) is 18.4 Å². The zero-order valence-electron chi connectivity index (χ0n) is 14.4.